The van der Waals surface area contributed by atoms with Crippen molar-refractivity contribution in [2.75, 3.05) is 26.9 Å². The van der Waals surface area contributed by atoms with Crippen LogP contribution >= 0.6 is 11.6 Å². The highest BCUT2D eigenvalue weighted by Gasteiger charge is 2.15. The molecular formula is C19H29ClO5. The number of carbonyl (C=O) groups is 1. The summed E-state index contributed by atoms with van der Waals surface area (Å²) in [5.41, 5.74) is 0. The topological polar surface area (TPSA) is 54.0 Å². The van der Waals surface area contributed by atoms with Crippen LogP contribution in [0, 0.1) is 0 Å². The fraction of sp³-hybridized carbons (Fsp3) is 0.632. The molecule has 0 bridgehead atoms. The van der Waals surface area contributed by atoms with E-state index in [9.17, 15) is 4.79 Å². The van der Waals surface area contributed by atoms with Crippen molar-refractivity contribution in [3.05, 3.63) is 17.2 Å². The fourth-order valence-corrected chi connectivity index (χ4v) is 2.48. The molecular weight excluding hydrogens is 344 g/mol. The third-order valence-electron chi connectivity index (χ3n) is 3.62. The van der Waals surface area contributed by atoms with Crippen molar-refractivity contribution in [2.45, 2.75) is 52.4 Å². The monoisotopic (exact) mass is 372 g/mol. The van der Waals surface area contributed by atoms with Gasteiger partial charge in [0.15, 0.2) is 11.5 Å². The summed E-state index contributed by atoms with van der Waals surface area (Å²) in [6.45, 7) is 5.57. The van der Waals surface area contributed by atoms with E-state index in [-0.39, 0.29) is 5.97 Å². The number of carbonyl (C=O) groups excluding carboxylic acids is 1. The molecule has 0 amide bonds. The minimum atomic E-state index is -0.282. The van der Waals surface area contributed by atoms with Crippen LogP contribution in [0.5, 0.6) is 17.2 Å². The number of esters is 1. The van der Waals surface area contributed by atoms with Crippen molar-refractivity contribution < 1.29 is 23.7 Å². The number of methoxy groups -OCH3 is 1. The van der Waals surface area contributed by atoms with Gasteiger partial charge in [0.25, 0.3) is 0 Å². The molecule has 0 saturated heterocycles. The van der Waals surface area contributed by atoms with Crippen LogP contribution in [0.4, 0.5) is 0 Å². The smallest absolute Gasteiger partial charge is 0.311 e. The summed E-state index contributed by atoms with van der Waals surface area (Å²) < 4.78 is 21.5. The molecule has 0 atom stereocenters. The number of hydrogen-bond donors (Lipinski definition) is 0. The van der Waals surface area contributed by atoms with Crippen LogP contribution in [-0.2, 0) is 9.53 Å². The van der Waals surface area contributed by atoms with Crippen molar-refractivity contribution in [3.8, 4) is 17.2 Å². The maximum atomic E-state index is 12.0. The van der Waals surface area contributed by atoms with E-state index in [1.54, 1.807) is 12.1 Å². The summed E-state index contributed by atoms with van der Waals surface area (Å²) in [6, 6.07) is 3.17. The molecule has 1 rings (SSSR count). The van der Waals surface area contributed by atoms with Crippen molar-refractivity contribution in [1.29, 1.82) is 0 Å². The summed E-state index contributed by atoms with van der Waals surface area (Å²) >= 11 is 6.20. The largest absolute Gasteiger partial charge is 0.493 e. The highest BCUT2D eigenvalue weighted by Crippen LogP contribution is 2.38. The van der Waals surface area contributed by atoms with Gasteiger partial charge in [-0.05, 0) is 13.3 Å². The van der Waals surface area contributed by atoms with E-state index in [1.807, 2.05) is 6.92 Å². The standard InChI is InChI=1S/C19H29ClO5/c1-4-6-7-8-9-10-19(21)25-18-13-15(20)16(14-17(18)22-3)24-12-11-23-5-2/h13-14H,4-12H2,1-3H3. The molecule has 1 aromatic rings. The van der Waals surface area contributed by atoms with Gasteiger partial charge in [0.1, 0.15) is 12.4 Å². The lowest BCUT2D eigenvalue weighted by Crippen LogP contribution is -2.09. The Morgan fingerprint density at radius 3 is 2.44 bits per heavy atom. The lowest BCUT2D eigenvalue weighted by Gasteiger charge is -2.13. The first-order valence-corrected chi connectivity index (χ1v) is 9.28. The van der Waals surface area contributed by atoms with Gasteiger partial charge in [0.05, 0.1) is 18.7 Å². The second-order valence-electron chi connectivity index (χ2n) is 5.62. The van der Waals surface area contributed by atoms with Gasteiger partial charge in [0, 0.05) is 25.2 Å². The molecule has 5 nitrogen and oxygen atoms in total. The molecule has 6 heteroatoms. The minimum absolute atomic E-state index is 0.282. The van der Waals surface area contributed by atoms with Crippen LogP contribution in [0.3, 0.4) is 0 Å². The molecule has 0 aromatic heterocycles. The third kappa shape index (κ3) is 8.45. The second kappa shape index (κ2) is 12.8. The van der Waals surface area contributed by atoms with Crippen molar-refractivity contribution >= 4 is 17.6 Å². The van der Waals surface area contributed by atoms with Crippen LogP contribution in [-0.4, -0.2) is 32.9 Å². The maximum Gasteiger partial charge on any atom is 0.311 e. The van der Waals surface area contributed by atoms with E-state index in [0.29, 0.717) is 48.5 Å². The van der Waals surface area contributed by atoms with Crippen LogP contribution < -0.4 is 14.2 Å². The molecule has 0 N–H and O–H groups in total. The molecule has 142 valence electrons. The lowest BCUT2D eigenvalue weighted by molar-refractivity contribution is -0.134. The number of rotatable bonds is 13. The molecule has 0 unspecified atom stereocenters. The summed E-state index contributed by atoms with van der Waals surface area (Å²) in [7, 11) is 1.51. The molecule has 0 saturated carbocycles. The first kappa shape index (κ1) is 21.6. The third-order valence-corrected chi connectivity index (χ3v) is 3.91. The zero-order valence-corrected chi connectivity index (χ0v) is 16.2. The number of hydrogen-bond acceptors (Lipinski definition) is 5. The van der Waals surface area contributed by atoms with Gasteiger partial charge in [-0.3, -0.25) is 4.79 Å². The average molecular weight is 373 g/mol. The predicted molar refractivity (Wildman–Crippen MR) is 99.0 cm³/mol. The Balaban J connectivity index is 2.58. The minimum Gasteiger partial charge on any atom is -0.493 e. The predicted octanol–water partition coefficient (Wildman–Crippen LogP) is 5.03. The molecule has 0 aliphatic heterocycles. The molecule has 25 heavy (non-hydrogen) atoms. The van der Waals surface area contributed by atoms with E-state index >= 15 is 0 Å². The Hall–Kier alpha value is -1.46. The van der Waals surface area contributed by atoms with Crippen LogP contribution in [0.25, 0.3) is 0 Å². The van der Waals surface area contributed by atoms with E-state index in [2.05, 4.69) is 6.92 Å². The SMILES string of the molecule is CCCCCCCC(=O)Oc1cc(Cl)c(OCCOCC)cc1OC. The summed E-state index contributed by atoms with van der Waals surface area (Å²) in [5.74, 6) is 0.909. The molecule has 0 aliphatic rings. The number of benzene rings is 1. The Bertz CT molecular complexity index is 519. The number of halogens is 1. The summed E-state index contributed by atoms with van der Waals surface area (Å²) in [6.07, 6.45) is 5.77. The highest BCUT2D eigenvalue weighted by molar-refractivity contribution is 6.32. The van der Waals surface area contributed by atoms with Crippen molar-refractivity contribution in [2.24, 2.45) is 0 Å². The van der Waals surface area contributed by atoms with Crippen LogP contribution in [0.15, 0.2) is 12.1 Å². The first-order chi connectivity index (χ1) is 12.1. The van der Waals surface area contributed by atoms with Gasteiger partial charge in [0.2, 0.25) is 0 Å². The fourth-order valence-electron chi connectivity index (χ4n) is 2.27. The summed E-state index contributed by atoms with van der Waals surface area (Å²) in [5, 5.41) is 0.364. The van der Waals surface area contributed by atoms with E-state index in [1.165, 1.54) is 20.0 Å². The number of ether oxygens (including phenoxy) is 4. The van der Waals surface area contributed by atoms with E-state index < -0.39 is 0 Å². The second-order valence-corrected chi connectivity index (χ2v) is 6.02. The Morgan fingerprint density at radius 2 is 1.76 bits per heavy atom. The van der Waals surface area contributed by atoms with E-state index in [4.69, 9.17) is 30.5 Å². The van der Waals surface area contributed by atoms with Gasteiger partial charge in [-0.15, -0.1) is 0 Å². The Kier molecular flexibility index (Phi) is 11.1. The zero-order chi connectivity index (χ0) is 18.5. The zero-order valence-electron chi connectivity index (χ0n) is 15.4. The molecule has 0 heterocycles. The van der Waals surface area contributed by atoms with Gasteiger partial charge in [-0.1, -0.05) is 44.2 Å². The number of unbranched alkanes of at least 4 members (excludes halogenated alkanes) is 4. The normalized spacial score (nSPS) is 10.6. The van der Waals surface area contributed by atoms with Gasteiger partial charge in [-0.25, -0.2) is 0 Å². The summed E-state index contributed by atoms with van der Waals surface area (Å²) in [4.78, 5) is 12.0. The van der Waals surface area contributed by atoms with Crippen LogP contribution in [0.1, 0.15) is 52.4 Å². The van der Waals surface area contributed by atoms with Crippen molar-refractivity contribution in [3.63, 3.8) is 0 Å². The maximum absolute atomic E-state index is 12.0. The molecule has 0 spiro atoms. The lowest BCUT2D eigenvalue weighted by atomic mass is 10.1. The molecule has 0 fully saturated rings. The molecule has 0 aliphatic carbocycles. The van der Waals surface area contributed by atoms with Gasteiger partial charge < -0.3 is 18.9 Å². The van der Waals surface area contributed by atoms with E-state index in [0.717, 1.165) is 19.3 Å². The van der Waals surface area contributed by atoms with Crippen molar-refractivity contribution in [1.82, 2.24) is 0 Å². The quantitative estimate of drug-likeness (QED) is 0.276. The molecule has 0 radical (unpaired) electrons. The Labute approximate surface area is 155 Å². The van der Waals surface area contributed by atoms with Gasteiger partial charge in [-0.2, -0.15) is 0 Å². The molecule has 1 aromatic carbocycles. The van der Waals surface area contributed by atoms with Crippen LogP contribution in [0.2, 0.25) is 5.02 Å². The van der Waals surface area contributed by atoms with Gasteiger partial charge >= 0.3 is 5.97 Å². The Morgan fingerprint density at radius 1 is 1.00 bits per heavy atom. The first-order valence-electron chi connectivity index (χ1n) is 8.91. The highest BCUT2D eigenvalue weighted by atomic mass is 35.5. The average Bonchev–Trinajstić information content (AvgIpc) is 2.60.